The van der Waals surface area contributed by atoms with Gasteiger partial charge in [-0.2, -0.15) is 5.10 Å². The Hall–Kier alpha value is -2.18. The minimum absolute atomic E-state index is 0.451. The second-order valence-corrected chi connectivity index (χ2v) is 6.12. The minimum atomic E-state index is 0.451. The van der Waals surface area contributed by atoms with Gasteiger partial charge >= 0.3 is 0 Å². The summed E-state index contributed by atoms with van der Waals surface area (Å²) in [5.41, 5.74) is 3.01. The maximum absolute atomic E-state index is 6.19. The Bertz CT molecular complexity index is 798. The molecule has 0 aliphatic carbocycles. The number of aryl methyl sites for hydroxylation is 1. The van der Waals surface area contributed by atoms with E-state index in [0.717, 1.165) is 30.8 Å². The van der Waals surface area contributed by atoms with Crippen LogP contribution in [0.3, 0.4) is 0 Å². The smallest absolute Gasteiger partial charge is 0.249 e. The molecule has 0 fully saturated rings. The van der Waals surface area contributed by atoms with Crippen molar-refractivity contribution < 1.29 is 4.42 Å². The van der Waals surface area contributed by atoms with Gasteiger partial charge in [0, 0.05) is 17.8 Å². The minimum Gasteiger partial charge on any atom is -0.419 e. The first-order chi connectivity index (χ1) is 11.7. The van der Waals surface area contributed by atoms with Crippen molar-refractivity contribution in [1.82, 2.24) is 25.3 Å². The van der Waals surface area contributed by atoms with Gasteiger partial charge in [0.25, 0.3) is 0 Å². The molecule has 3 aromatic rings. The van der Waals surface area contributed by atoms with Crippen LogP contribution >= 0.6 is 11.6 Å². The summed E-state index contributed by atoms with van der Waals surface area (Å²) in [5, 5.41) is 15.9. The van der Waals surface area contributed by atoms with Gasteiger partial charge in [0.15, 0.2) is 0 Å². The van der Waals surface area contributed by atoms with Crippen molar-refractivity contribution in [3.05, 3.63) is 52.6 Å². The van der Waals surface area contributed by atoms with E-state index in [9.17, 15) is 0 Å². The molecule has 7 heteroatoms. The Labute approximate surface area is 145 Å². The van der Waals surface area contributed by atoms with Crippen molar-refractivity contribution in [3.63, 3.8) is 0 Å². The number of rotatable bonds is 7. The quantitative estimate of drug-likeness (QED) is 0.704. The predicted molar refractivity (Wildman–Crippen MR) is 92.5 cm³/mol. The fraction of sp³-hybridized carbons (Fsp3) is 0.353. The summed E-state index contributed by atoms with van der Waals surface area (Å²) in [4.78, 5) is 2.27. The predicted octanol–water partition coefficient (Wildman–Crippen LogP) is 3.83. The maximum atomic E-state index is 6.19. The Morgan fingerprint density at radius 1 is 1.21 bits per heavy atom. The third kappa shape index (κ3) is 3.83. The lowest BCUT2D eigenvalue weighted by Gasteiger charge is -2.19. The fourth-order valence-corrected chi connectivity index (χ4v) is 2.78. The summed E-state index contributed by atoms with van der Waals surface area (Å²) in [6.07, 6.45) is 2.91. The van der Waals surface area contributed by atoms with Crippen LogP contribution in [0.1, 0.15) is 30.5 Å². The highest BCUT2D eigenvalue weighted by Gasteiger charge is 2.15. The van der Waals surface area contributed by atoms with Crippen molar-refractivity contribution in [2.75, 3.05) is 6.54 Å². The molecule has 126 valence electrons. The van der Waals surface area contributed by atoms with E-state index in [0.29, 0.717) is 23.3 Å². The zero-order valence-electron chi connectivity index (χ0n) is 13.8. The van der Waals surface area contributed by atoms with Crippen LogP contribution in [-0.4, -0.2) is 31.8 Å². The van der Waals surface area contributed by atoms with Crippen LogP contribution < -0.4 is 0 Å². The Morgan fingerprint density at radius 3 is 2.75 bits per heavy atom. The lowest BCUT2D eigenvalue weighted by molar-refractivity contribution is 0.231. The normalized spacial score (nSPS) is 11.3. The van der Waals surface area contributed by atoms with Gasteiger partial charge in [-0.1, -0.05) is 30.7 Å². The van der Waals surface area contributed by atoms with Crippen molar-refractivity contribution in [2.24, 2.45) is 0 Å². The number of H-pyrrole nitrogens is 1. The van der Waals surface area contributed by atoms with E-state index in [2.05, 4.69) is 32.2 Å². The first-order valence-corrected chi connectivity index (χ1v) is 8.33. The third-order valence-electron chi connectivity index (χ3n) is 3.80. The molecule has 2 heterocycles. The van der Waals surface area contributed by atoms with Gasteiger partial charge in [-0.3, -0.25) is 10.00 Å². The molecule has 0 radical (unpaired) electrons. The molecule has 0 bridgehead atoms. The topological polar surface area (TPSA) is 70.8 Å². The Balaban J connectivity index is 1.74. The van der Waals surface area contributed by atoms with E-state index < -0.39 is 0 Å². The molecule has 0 atom stereocenters. The molecule has 0 spiro atoms. The molecule has 1 aromatic carbocycles. The van der Waals surface area contributed by atoms with Crippen LogP contribution in [0.5, 0.6) is 0 Å². The molecule has 0 saturated carbocycles. The molecule has 6 nitrogen and oxygen atoms in total. The van der Waals surface area contributed by atoms with Gasteiger partial charge in [0.2, 0.25) is 11.8 Å². The van der Waals surface area contributed by atoms with Crippen LogP contribution in [-0.2, 0) is 13.1 Å². The molecule has 24 heavy (non-hydrogen) atoms. The van der Waals surface area contributed by atoms with Crippen molar-refractivity contribution in [1.29, 1.82) is 0 Å². The summed E-state index contributed by atoms with van der Waals surface area (Å²) in [6, 6.07) is 7.46. The number of hydrogen-bond donors (Lipinski definition) is 1. The number of halogens is 1. The first kappa shape index (κ1) is 16.7. The highest BCUT2D eigenvalue weighted by Crippen LogP contribution is 2.26. The highest BCUT2D eigenvalue weighted by atomic mass is 35.5. The van der Waals surface area contributed by atoms with E-state index in [1.54, 1.807) is 0 Å². The zero-order valence-corrected chi connectivity index (χ0v) is 14.5. The summed E-state index contributed by atoms with van der Waals surface area (Å²) < 4.78 is 5.81. The number of nitrogens with zero attached hydrogens (tertiary/aromatic N) is 4. The summed E-state index contributed by atoms with van der Waals surface area (Å²) >= 11 is 6.19. The van der Waals surface area contributed by atoms with Gasteiger partial charge in [0.1, 0.15) is 0 Å². The standard InChI is InChI=1S/C17H20ClN5O/c1-3-8-23(10-13-9-19-20-12(13)2)11-16-21-22-17(24-16)14-6-4-5-7-15(14)18/h4-7,9H,3,8,10-11H2,1-2H3,(H,19,20). The molecule has 2 aromatic heterocycles. The monoisotopic (exact) mass is 345 g/mol. The van der Waals surface area contributed by atoms with Gasteiger partial charge < -0.3 is 4.42 Å². The second kappa shape index (κ2) is 7.59. The third-order valence-corrected chi connectivity index (χ3v) is 4.13. The van der Waals surface area contributed by atoms with Gasteiger partial charge in [-0.05, 0) is 32.0 Å². The van der Waals surface area contributed by atoms with Gasteiger partial charge in [-0.25, -0.2) is 0 Å². The number of aromatic amines is 1. The molecule has 0 saturated heterocycles. The molecule has 1 N–H and O–H groups in total. The maximum Gasteiger partial charge on any atom is 0.249 e. The zero-order chi connectivity index (χ0) is 16.9. The second-order valence-electron chi connectivity index (χ2n) is 5.71. The van der Waals surface area contributed by atoms with E-state index >= 15 is 0 Å². The lowest BCUT2D eigenvalue weighted by atomic mass is 10.2. The van der Waals surface area contributed by atoms with Crippen molar-refractivity contribution >= 4 is 11.6 Å². The van der Waals surface area contributed by atoms with Crippen LogP contribution in [0.4, 0.5) is 0 Å². The number of aromatic nitrogens is 4. The van der Waals surface area contributed by atoms with Crippen molar-refractivity contribution in [3.8, 4) is 11.5 Å². The molecule has 0 amide bonds. The number of benzene rings is 1. The molecular weight excluding hydrogens is 326 g/mol. The average molecular weight is 346 g/mol. The molecular formula is C17H20ClN5O. The van der Waals surface area contributed by atoms with Crippen LogP contribution in [0.15, 0.2) is 34.9 Å². The van der Waals surface area contributed by atoms with E-state index in [-0.39, 0.29) is 0 Å². The summed E-state index contributed by atoms with van der Waals surface area (Å²) in [7, 11) is 0. The van der Waals surface area contributed by atoms with Crippen molar-refractivity contribution in [2.45, 2.75) is 33.4 Å². The van der Waals surface area contributed by atoms with Crippen LogP contribution in [0.2, 0.25) is 5.02 Å². The molecule has 0 aliphatic rings. The van der Waals surface area contributed by atoms with E-state index in [1.807, 2.05) is 37.4 Å². The fourth-order valence-electron chi connectivity index (χ4n) is 2.56. The lowest BCUT2D eigenvalue weighted by Crippen LogP contribution is -2.24. The summed E-state index contributed by atoms with van der Waals surface area (Å²) in [6.45, 7) is 6.50. The van der Waals surface area contributed by atoms with Gasteiger partial charge in [0.05, 0.1) is 23.3 Å². The average Bonchev–Trinajstić information content (AvgIpc) is 3.18. The SMILES string of the molecule is CCCN(Cc1nnc(-c2ccccc2Cl)o1)Cc1cn[nH]c1C. The largest absolute Gasteiger partial charge is 0.419 e. The Morgan fingerprint density at radius 2 is 2.04 bits per heavy atom. The summed E-state index contributed by atoms with van der Waals surface area (Å²) in [5.74, 6) is 1.03. The molecule has 0 unspecified atom stereocenters. The van der Waals surface area contributed by atoms with E-state index in [4.69, 9.17) is 16.0 Å². The first-order valence-electron chi connectivity index (χ1n) is 7.96. The Kier molecular flexibility index (Phi) is 5.27. The highest BCUT2D eigenvalue weighted by molar-refractivity contribution is 6.33. The van der Waals surface area contributed by atoms with Crippen LogP contribution in [0, 0.1) is 6.92 Å². The van der Waals surface area contributed by atoms with E-state index in [1.165, 1.54) is 5.56 Å². The van der Waals surface area contributed by atoms with Gasteiger partial charge in [-0.15, -0.1) is 10.2 Å². The molecule has 3 rings (SSSR count). The molecule has 0 aliphatic heterocycles. The number of hydrogen-bond acceptors (Lipinski definition) is 5. The number of nitrogens with one attached hydrogen (secondary N) is 1. The van der Waals surface area contributed by atoms with Crippen LogP contribution in [0.25, 0.3) is 11.5 Å².